The Bertz CT molecular complexity index is 2200. The van der Waals surface area contributed by atoms with Gasteiger partial charge in [-0.25, -0.2) is 9.18 Å². The summed E-state index contributed by atoms with van der Waals surface area (Å²) in [5, 5.41) is 28.4. The van der Waals surface area contributed by atoms with E-state index in [1.54, 1.807) is 31.2 Å². The zero-order chi connectivity index (χ0) is 38.4. The van der Waals surface area contributed by atoms with Gasteiger partial charge in [0.15, 0.2) is 5.78 Å². The number of esters is 1. The molecule has 4 aromatic carbocycles. The van der Waals surface area contributed by atoms with E-state index in [1.807, 2.05) is 0 Å². The van der Waals surface area contributed by atoms with Crippen molar-refractivity contribution >= 4 is 52.2 Å². The number of aryl methyl sites for hydroxylation is 1. The maximum absolute atomic E-state index is 16.2. The molecule has 2 heterocycles. The number of nitro benzene ring substituents is 1. The minimum absolute atomic E-state index is 0.149. The van der Waals surface area contributed by atoms with Crippen LogP contribution in [0.4, 0.5) is 15.8 Å². The maximum atomic E-state index is 16.2. The Morgan fingerprint density at radius 1 is 1.02 bits per heavy atom. The first-order chi connectivity index (χ1) is 25.2. The van der Waals surface area contributed by atoms with Gasteiger partial charge in [0.1, 0.15) is 17.1 Å². The summed E-state index contributed by atoms with van der Waals surface area (Å²) < 4.78 is 26.7. The number of likely N-dealkylation sites (tertiary alicyclic amines) is 1. The average Bonchev–Trinajstić information content (AvgIpc) is 3.55. The second-order valence-electron chi connectivity index (χ2n) is 12.6. The van der Waals surface area contributed by atoms with Crippen LogP contribution < -0.4 is 10.1 Å². The van der Waals surface area contributed by atoms with Gasteiger partial charge < -0.3 is 14.8 Å². The number of nitrogens with zero attached hydrogens (tertiary/aromatic N) is 3. The molecule has 13 nitrogen and oxygen atoms in total. The number of carbonyl (C=O) groups is 3. The van der Waals surface area contributed by atoms with E-state index in [9.17, 15) is 34.6 Å². The summed E-state index contributed by atoms with van der Waals surface area (Å²) >= 11 is 12.6. The number of ether oxygens (including phenoxy) is 2. The largest absolute Gasteiger partial charge is 0.494 e. The zero-order valence-corrected chi connectivity index (χ0v) is 29.9. The number of methoxy groups -OCH3 is 1. The van der Waals surface area contributed by atoms with E-state index in [0.717, 1.165) is 19.2 Å². The van der Waals surface area contributed by atoms with Crippen molar-refractivity contribution in [3.05, 3.63) is 142 Å². The first-order valence-corrected chi connectivity index (χ1v) is 17.1. The molecule has 1 unspecified atom stereocenters. The molecule has 4 atom stereocenters. The fourth-order valence-corrected chi connectivity index (χ4v) is 8.04. The molecule has 16 heteroatoms. The Labute approximate surface area is 311 Å². The summed E-state index contributed by atoms with van der Waals surface area (Å²) in [6.45, 7) is 3.38. The van der Waals surface area contributed by atoms with Crippen LogP contribution in [0.3, 0.4) is 0 Å². The monoisotopic (exact) mass is 764 g/mol. The number of halogens is 3. The van der Waals surface area contributed by atoms with E-state index >= 15 is 4.39 Å². The predicted octanol–water partition coefficient (Wildman–Crippen LogP) is 7.27. The molecule has 1 fully saturated rings. The highest BCUT2D eigenvalue weighted by molar-refractivity contribution is 6.31. The van der Waals surface area contributed by atoms with Crippen LogP contribution in [-0.4, -0.2) is 58.2 Å². The minimum atomic E-state index is -2.04. The molecule has 2 aliphatic rings. The number of nitro groups is 2. The molecule has 1 N–H and O–H groups in total. The van der Waals surface area contributed by atoms with E-state index in [4.69, 9.17) is 32.7 Å². The molecule has 0 aliphatic carbocycles. The second kappa shape index (κ2) is 14.5. The van der Waals surface area contributed by atoms with Gasteiger partial charge in [0.2, 0.25) is 6.04 Å². The Morgan fingerprint density at radius 3 is 2.43 bits per heavy atom. The lowest BCUT2D eigenvalue weighted by atomic mass is 9.73. The van der Waals surface area contributed by atoms with Gasteiger partial charge in [0, 0.05) is 45.8 Å². The van der Waals surface area contributed by atoms with Crippen LogP contribution in [-0.2, 0) is 21.6 Å². The number of rotatable bonds is 11. The molecule has 0 radical (unpaired) electrons. The topological polar surface area (TPSA) is 171 Å². The third-order valence-corrected chi connectivity index (χ3v) is 10.3. The number of amides is 1. The summed E-state index contributed by atoms with van der Waals surface area (Å²) in [5.74, 6) is -4.62. The van der Waals surface area contributed by atoms with Gasteiger partial charge >= 0.3 is 5.97 Å². The predicted molar refractivity (Wildman–Crippen MR) is 192 cm³/mol. The standard InChI is InChI=1S/C37H31Cl2FN4O9/c1-4-53-22-8-5-7-20(14-22)18-42-30(17-31(45)25-13-19(2)24(35(46)52-3)16-29(25)43(48)49)34(44(50)51)32(23-9-6-10-27(39)33(23)40)37(42)26-12-11-21(38)15-28(26)41-36(37)47/h5-16,30,32,34H,4,17-18H2,1-3H3,(H,41,47)/t30-,32-,34?,37+/m0/s1. The van der Waals surface area contributed by atoms with E-state index in [0.29, 0.717) is 17.9 Å². The van der Waals surface area contributed by atoms with E-state index < -0.39 is 74.5 Å². The lowest BCUT2D eigenvalue weighted by Crippen LogP contribution is -2.52. The van der Waals surface area contributed by atoms with Gasteiger partial charge in [0.05, 0.1) is 46.7 Å². The molecule has 1 spiro atoms. The van der Waals surface area contributed by atoms with E-state index in [-0.39, 0.29) is 44.5 Å². The SMILES string of the molecule is CCOc1cccc(CN2[C@@H](CC(=O)c3cc(C)c(C(=O)OC)cc3[N+](=O)[O-])C([N+](=O)[O-])[C@H](c3cccc(Cl)c3F)[C@]23C(=O)Nc2cc(Cl)ccc23)c1. The number of hydrogen-bond donors (Lipinski definition) is 1. The second-order valence-corrected chi connectivity index (χ2v) is 13.5. The number of fused-ring (bicyclic) bond motifs is 2. The Kier molecular flexibility index (Phi) is 10.2. The summed E-state index contributed by atoms with van der Waals surface area (Å²) in [6.07, 6.45) is -0.731. The van der Waals surface area contributed by atoms with E-state index in [1.165, 1.54) is 48.2 Å². The van der Waals surface area contributed by atoms with Gasteiger partial charge in [0.25, 0.3) is 11.6 Å². The van der Waals surface area contributed by atoms with Crippen LogP contribution in [0, 0.1) is 33.0 Å². The summed E-state index contributed by atoms with van der Waals surface area (Å²) in [6, 6.07) is 14.0. The van der Waals surface area contributed by atoms with Crippen molar-refractivity contribution < 1.29 is 38.1 Å². The van der Waals surface area contributed by atoms with Crippen LogP contribution in [0.25, 0.3) is 0 Å². The summed E-state index contributed by atoms with van der Waals surface area (Å²) in [5.41, 5.74) is -2.40. The van der Waals surface area contributed by atoms with Crippen molar-refractivity contribution in [2.24, 2.45) is 0 Å². The molecule has 0 saturated carbocycles. The van der Waals surface area contributed by atoms with Gasteiger partial charge in [-0.05, 0) is 61.4 Å². The fourth-order valence-electron chi connectivity index (χ4n) is 7.68. The molecule has 4 aromatic rings. The van der Waals surface area contributed by atoms with Gasteiger partial charge in [-0.15, -0.1) is 0 Å². The Morgan fingerprint density at radius 2 is 1.75 bits per heavy atom. The highest BCUT2D eigenvalue weighted by Gasteiger charge is 2.71. The lowest BCUT2D eigenvalue weighted by molar-refractivity contribution is -0.528. The van der Waals surface area contributed by atoms with Gasteiger partial charge in [-0.2, -0.15) is 0 Å². The van der Waals surface area contributed by atoms with Crippen LogP contribution >= 0.6 is 23.2 Å². The van der Waals surface area contributed by atoms with Crippen molar-refractivity contribution in [1.29, 1.82) is 0 Å². The molecule has 0 aromatic heterocycles. The number of Topliss-reactive ketones (excluding diaryl/α,β-unsaturated/α-hetero) is 1. The molecule has 6 rings (SSSR count). The van der Waals surface area contributed by atoms with Gasteiger partial charge in [-0.1, -0.05) is 53.5 Å². The Hall–Kier alpha value is -5.44. The molecule has 1 amide bonds. The van der Waals surface area contributed by atoms with Crippen molar-refractivity contribution in [2.45, 2.75) is 50.4 Å². The molecule has 0 bridgehead atoms. The van der Waals surface area contributed by atoms with Crippen LogP contribution in [0.5, 0.6) is 5.75 Å². The quantitative estimate of drug-likeness (QED) is 0.0709. The highest BCUT2D eigenvalue weighted by atomic mass is 35.5. The number of carbonyl (C=O) groups excluding carboxylic acids is 3. The number of anilines is 1. The first-order valence-electron chi connectivity index (χ1n) is 16.3. The van der Waals surface area contributed by atoms with E-state index in [2.05, 4.69) is 5.32 Å². The Balaban J connectivity index is 1.63. The van der Waals surface area contributed by atoms with Crippen LogP contribution in [0.2, 0.25) is 10.0 Å². The normalized spacial score (nSPS) is 20.6. The maximum Gasteiger partial charge on any atom is 0.338 e. The summed E-state index contributed by atoms with van der Waals surface area (Å²) in [4.78, 5) is 67.1. The number of nitrogens with one attached hydrogen (secondary N) is 1. The fraction of sp³-hybridized carbons (Fsp3) is 0.270. The van der Waals surface area contributed by atoms with Crippen LogP contribution in [0.15, 0.2) is 72.8 Å². The first kappa shape index (κ1) is 37.3. The number of hydrogen-bond acceptors (Lipinski definition) is 10. The average molecular weight is 766 g/mol. The zero-order valence-electron chi connectivity index (χ0n) is 28.4. The van der Waals surface area contributed by atoms with Gasteiger partial charge in [-0.3, -0.25) is 34.7 Å². The smallest absolute Gasteiger partial charge is 0.338 e. The molecular weight excluding hydrogens is 734 g/mol. The minimum Gasteiger partial charge on any atom is -0.494 e. The van der Waals surface area contributed by atoms with Crippen LogP contribution in [0.1, 0.15) is 62.2 Å². The van der Waals surface area contributed by atoms with Crippen molar-refractivity contribution in [3.63, 3.8) is 0 Å². The van der Waals surface area contributed by atoms with Crippen molar-refractivity contribution in [1.82, 2.24) is 4.90 Å². The molecule has 1 saturated heterocycles. The number of benzene rings is 4. The highest BCUT2D eigenvalue weighted by Crippen LogP contribution is 2.59. The lowest BCUT2D eigenvalue weighted by Gasteiger charge is -2.38. The number of ketones is 1. The summed E-state index contributed by atoms with van der Waals surface area (Å²) in [7, 11) is 1.10. The molecule has 53 heavy (non-hydrogen) atoms. The molecular formula is C37H31Cl2FN4O9. The molecule has 274 valence electrons. The van der Waals surface area contributed by atoms with Crippen molar-refractivity contribution in [2.75, 3.05) is 19.0 Å². The van der Waals surface area contributed by atoms with Crippen molar-refractivity contribution in [3.8, 4) is 5.75 Å². The molecule has 2 aliphatic heterocycles. The third kappa shape index (κ3) is 6.36. The third-order valence-electron chi connectivity index (χ3n) is 9.79.